The smallest absolute Gasteiger partial charge is 0.259 e. The molecule has 0 fully saturated rings. The molecule has 2 rings (SSSR count). The van der Waals surface area contributed by atoms with E-state index in [4.69, 9.17) is 10.3 Å². The first kappa shape index (κ1) is 15.7. The fourth-order valence-electron chi connectivity index (χ4n) is 1.96. The highest BCUT2D eigenvalue weighted by molar-refractivity contribution is 7.09. The third kappa shape index (κ3) is 3.48. The van der Waals surface area contributed by atoms with Gasteiger partial charge in [-0.25, -0.2) is 4.98 Å². The van der Waals surface area contributed by atoms with E-state index in [1.807, 2.05) is 5.38 Å². The van der Waals surface area contributed by atoms with Crippen molar-refractivity contribution >= 4 is 17.2 Å². The third-order valence-corrected chi connectivity index (χ3v) is 4.10. The highest BCUT2D eigenvalue weighted by atomic mass is 32.1. The molecule has 0 saturated heterocycles. The molecule has 6 nitrogen and oxygen atoms in total. The van der Waals surface area contributed by atoms with Crippen LogP contribution < -0.4 is 5.73 Å². The standard InChI is InChI=1S/C14H20N4O2S/c1-5-11-16-9(8-21-11)6-18(4)13(19)10-7-20-17-12(10)14(2,3)15/h7-8H,5-6,15H2,1-4H3. The van der Waals surface area contributed by atoms with Gasteiger partial charge in [-0.1, -0.05) is 12.1 Å². The molecule has 0 aromatic carbocycles. The maximum atomic E-state index is 12.5. The lowest BCUT2D eigenvalue weighted by Gasteiger charge is -2.19. The third-order valence-electron chi connectivity index (χ3n) is 3.06. The summed E-state index contributed by atoms with van der Waals surface area (Å²) >= 11 is 1.61. The van der Waals surface area contributed by atoms with E-state index < -0.39 is 5.54 Å². The fraction of sp³-hybridized carbons (Fsp3) is 0.500. The molecule has 1 amide bonds. The Balaban J connectivity index is 2.14. The zero-order valence-electron chi connectivity index (χ0n) is 12.7. The van der Waals surface area contributed by atoms with Crippen molar-refractivity contribution in [1.82, 2.24) is 15.0 Å². The highest BCUT2D eigenvalue weighted by Crippen LogP contribution is 2.21. The molecule has 0 atom stereocenters. The number of rotatable bonds is 5. The van der Waals surface area contributed by atoms with Gasteiger partial charge in [0.15, 0.2) is 0 Å². The fourth-order valence-corrected chi connectivity index (χ4v) is 2.69. The van der Waals surface area contributed by atoms with Crippen LogP contribution in [0.3, 0.4) is 0 Å². The number of aromatic nitrogens is 2. The Morgan fingerprint density at radius 1 is 1.52 bits per heavy atom. The number of carbonyl (C=O) groups is 1. The van der Waals surface area contributed by atoms with Gasteiger partial charge in [0.2, 0.25) is 0 Å². The molecule has 2 aromatic rings. The van der Waals surface area contributed by atoms with E-state index in [9.17, 15) is 4.79 Å². The Kier molecular flexibility index (Phi) is 4.43. The first-order chi connectivity index (χ1) is 9.82. The number of aryl methyl sites for hydroxylation is 1. The van der Waals surface area contributed by atoms with Gasteiger partial charge < -0.3 is 15.2 Å². The van der Waals surface area contributed by atoms with Crippen LogP contribution in [0.15, 0.2) is 16.2 Å². The quantitative estimate of drug-likeness (QED) is 0.915. The van der Waals surface area contributed by atoms with Crippen LogP contribution in [-0.2, 0) is 18.5 Å². The van der Waals surface area contributed by atoms with Crippen molar-refractivity contribution in [2.75, 3.05) is 7.05 Å². The maximum absolute atomic E-state index is 12.5. The molecule has 21 heavy (non-hydrogen) atoms. The van der Waals surface area contributed by atoms with E-state index in [1.165, 1.54) is 6.26 Å². The summed E-state index contributed by atoms with van der Waals surface area (Å²) in [5.41, 5.74) is 7.03. The summed E-state index contributed by atoms with van der Waals surface area (Å²) < 4.78 is 4.92. The molecule has 0 saturated carbocycles. The van der Waals surface area contributed by atoms with Gasteiger partial charge in [-0.05, 0) is 20.3 Å². The van der Waals surface area contributed by atoms with Gasteiger partial charge >= 0.3 is 0 Å². The summed E-state index contributed by atoms with van der Waals surface area (Å²) in [4.78, 5) is 18.6. The van der Waals surface area contributed by atoms with Crippen LogP contribution in [0, 0.1) is 0 Å². The zero-order chi connectivity index (χ0) is 15.6. The predicted molar refractivity (Wildman–Crippen MR) is 81.0 cm³/mol. The van der Waals surface area contributed by atoms with E-state index in [0.717, 1.165) is 17.1 Å². The SMILES string of the molecule is CCc1nc(CN(C)C(=O)c2conc2C(C)(C)N)cs1. The second kappa shape index (κ2) is 5.95. The molecular weight excluding hydrogens is 288 g/mol. The summed E-state index contributed by atoms with van der Waals surface area (Å²) in [5.74, 6) is -0.171. The molecule has 2 heterocycles. The first-order valence-corrected chi connectivity index (χ1v) is 7.63. The number of hydrogen-bond donors (Lipinski definition) is 1. The van der Waals surface area contributed by atoms with Crippen LogP contribution in [0.2, 0.25) is 0 Å². The predicted octanol–water partition coefficient (Wildman–Crippen LogP) is 2.16. The number of thiazole rings is 1. The van der Waals surface area contributed by atoms with Crippen molar-refractivity contribution in [3.05, 3.63) is 33.6 Å². The average Bonchev–Trinajstić information content (AvgIpc) is 3.05. The summed E-state index contributed by atoms with van der Waals surface area (Å²) in [6.07, 6.45) is 2.25. The largest absolute Gasteiger partial charge is 0.364 e. The first-order valence-electron chi connectivity index (χ1n) is 6.75. The highest BCUT2D eigenvalue weighted by Gasteiger charge is 2.28. The lowest BCUT2D eigenvalue weighted by atomic mass is 9.98. The van der Waals surface area contributed by atoms with Gasteiger partial charge in [-0.15, -0.1) is 11.3 Å². The van der Waals surface area contributed by atoms with Crippen molar-refractivity contribution in [1.29, 1.82) is 0 Å². The minimum absolute atomic E-state index is 0.171. The monoisotopic (exact) mass is 308 g/mol. The zero-order valence-corrected chi connectivity index (χ0v) is 13.5. The molecular formula is C14H20N4O2S. The van der Waals surface area contributed by atoms with Crippen molar-refractivity contribution < 1.29 is 9.32 Å². The summed E-state index contributed by atoms with van der Waals surface area (Å²) in [7, 11) is 1.73. The normalized spacial score (nSPS) is 11.7. The van der Waals surface area contributed by atoms with E-state index in [0.29, 0.717) is 17.8 Å². The van der Waals surface area contributed by atoms with Gasteiger partial charge in [0.05, 0.1) is 22.8 Å². The van der Waals surface area contributed by atoms with Crippen LogP contribution in [-0.4, -0.2) is 28.0 Å². The maximum Gasteiger partial charge on any atom is 0.259 e. The molecule has 0 aliphatic carbocycles. The summed E-state index contributed by atoms with van der Waals surface area (Å²) in [6, 6.07) is 0. The topological polar surface area (TPSA) is 85.2 Å². The van der Waals surface area contributed by atoms with Crippen LogP contribution >= 0.6 is 11.3 Å². The minimum Gasteiger partial charge on any atom is -0.364 e. The van der Waals surface area contributed by atoms with Crippen LogP contribution in [0.5, 0.6) is 0 Å². The second-order valence-electron chi connectivity index (χ2n) is 5.55. The van der Waals surface area contributed by atoms with Crippen molar-refractivity contribution in [3.8, 4) is 0 Å². The van der Waals surface area contributed by atoms with Gasteiger partial charge in [0.25, 0.3) is 5.91 Å². The second-order valence-corrected chi connectivity index (χ2v) is 6.49. The number of nitrogens with two attached hydrogens (primary N) is 1. The van der Waals surface area contributed by atoms with E-state index in [-0.39, 0.29) is 5.91 Å². The minimum atomic E-state index is -0.727. The van der Waals surface area contributed by atoms with Crippen molar-refractivity contribution in [2.45, 2.75) is 39.3 Å². The number of nitrogens with zero attached hydrogens (tertiary/aromatic N) is 3. The molecule has 0 aliphatic rings. The van der Waals surface area contributed by atoms with Gasteiger partial charge in [-0.3, -0.25) is 4.79 Å². The molecule has 2 N–H and O–H groups in total. The van der Waals surface area contributed by atoms with E-state index in [2.05, 4.69) is 17.1 Å². The molecule has 0 bridgehead atoms. The van der Waals surface area contributed by atoms with Crippen LogP contribution in [0.4, 0.5) is 0 Å². The summed E-state index contributed by atoms with van der Waals surface area (Å²) in [5, 5.41) is 6.90. The molecule has 0 aliphatic heterocycles. The molecule has 114 valence electrons. The van der Waals surface area contributed by atoms with E-state index in [1.54, 1.807) is 37.1 Å². The Morgan fingerprint density at radius 3 is 2.81 bits per heavy atom. The van der Waals surface area contributed by atoms with Crippen molar-refractivity contribution in [2.24, 2.45) is 5.73 Å². The number of carbonyl (C=O) groups excluding carboxylic acids is 1. The Hall–Kier alpha value is -1.73. The van der Waals surface area contributed by atoms with Crippen molar-refractivity contribution in [3.63, 3.8) is 0 Å². The molecule has 2 aromatic heterocycles. The van der Waals surface area contributed by atoms with Gasteiger partial charge in [0.1, 0.15) is 17.5 Å². The average molecular weight is 308 g/mol. The van der Waals surface area contributed by atoms with Crippen LogP contribution in [0.25, 0.3) is 0 Å². The Morgan fingerprint density at radius 2 is 2.24 bits per heavy atom. The Labute approximate surface area is 127 Å². The Bertz CT molecular complexity index is 627. The van der Waals surface area contributed by atoms with Gasteiger partial charge in [0, 0.05) is 12.4 Å². The van der Waals surface area contributed by atoms with Gasteiger partial charge in [-0.2, -0.15) is 0 Å². The molecule has 0 radical (unpaired) electrons. The number of amides is 1. The molecule has 7 heteroatoms. The summed E-state index contributed by atoms with van der Waals surface area (Å²) in [6.45, 7) is 6.08. The molecule has 0 spiro atoms. The lowest BCUT2D eigenvalue weighted by Crippen LogP contribution is -2.34. The molecule has 0 unspecified atom stereocenters. The van der Waals surface area contributed by atoms with E-state index >= 15 is 0 Å². The lowest BCUT2D eigenvalue weighted by molar-refractivity contribution is 0.0780. The number of hydrogen-bond acceptors (Lipinski definition) is 6. The van der Waals surface area contributed by atoms with Crippen LogP contribution in [0.1, 0.15) is 47.5 Å².